The summed E-state index contributed by atoms with van der Waals surface area (Å²) in [6.45, 7) is 3.99. The van der Waals surface area contributed by atoms with E-state index >= 15 is 0 Å². The van der Waals surface area contributed by atoms with E-state index in [0.717, 1.165) is 42.5 Å². The van der Waals surface area contributed by atoms with Crippen molar-refractivity contribution < 1.29 is 5.11 Å². The lowest BCUT2D eigenvalue weighted by molar-refractivity contribution is -0.137. The third kappa shape index (κ3) is 4.24. The average Bonchev–Trinajstić information content (AvgIpc) is 3.50. The number of aliphatic hydroxyl groups excluding tert-OH is 1. The molecule has 4 N–H and O–H groups in total. The van der Waals surface area contributed by atoms with Crippen molar-refractivity contribution in [3.8, 4) is 17.9 Å². The van der Waals surface area contributed by atoms with Gasteiger partial charge in [-0.1, -0.05) is 24.1 Å². The third-order valence-corrected chi connectivity index (χ3v) is 9.54. The van der Waals surface area contributed by atoms with Gasteiger partial charge in [-0.25, -0.2) is 9.97 Å². The van der Waals surface area contributed by atoms with E-state index in [2.05, 4.69) is 63.8 Å². The molecule has 2 aliphatic heterocycles. The SMILES string of the molecule is CC#Cc1cc(C2=CSC([C@@]3(C)NC(N)N(C)C(O)C3C3C=CC(C4(C#N)CC4)=CC3)C2)ncn1. The maximum atomic E-state index is 11.5. The summed E-state index contributed by atoms with van der Waals surface area (Å²) in [5, 5.41) is 27.1. The first-order valence-electron chi connectivity index (χ1n) is 12.1. The van der Waals surface area contributed by atoms with E-state index in [0.29, 0.717) is 5.69 Å². The molecule has 6 atom stereocenters. The summed E-state index contributed by atoms with van der Waals surface area (Å²) in [7, 11) is 1.86. The van der Waals surface area contributed by atoms with Gasteiger partial charge in [-0.3, -0.25) is 10.2 Å². The van der Waals surface area contributed by atoms with Crippen LogP contribution in [0.5, 0.6) is 0 Å². The maximum absolute atomic E-state index is 11.5. The first-order chi connectivity index (χ1) is 16.8. The summed E-state index contributed by atoms with van der Waals surface area (Å²) in [4.78, 5) is 10.5. The molecule has 182 valence electrons. The highest BCUT2D eigenvalue weighted by atomic mass is 32.2. The van der Waals surface area contributed by atoms with E-state index in [1.165, 1.54) is 0 Å². The van der Waals surface area contributed by atoms with Crippen molar-refractivity contribution in [1.29, 1.82) is 5.26 Å². The van der Waals surface area contributed by atoms with Crippen molar-refractivity contribution in [1.82, 2.24) is 20.2 Å². The van der Waals surface area contributed by atoms with E-state index in [9.17, 15) is 10.4 Å². The number of aromatic nitrogens is 2. The number of hydrogen-bond donors (Lipinski definition) is 3. The van der Waals surface area contributed by atoms with Crippen molar-refractivity contribution in [2.75, 3.05) is 7.05 Å². The Bertz CT molecular complexity index is 1200. The first kappa shape index (κ1) is 24.2. The summed E-state index contributed by atoms with van der Waals surface area (Å²) >= 11 is 1.77. The summed E-state index contributed by atoms with van der Waals surface area (Å²) in [5.74, 6) is 5.94. The zero-order valence-corrected chi connectivity index (χ0v) is 21.2. The average molecular weight is 489 g/mol. The minimum Gasteiger partial charge on any atom is -0.378 e. The van der Waals surface area contributed by atoms with Gasteiger partial charge in [-0.2, -0.15) is 5.26 Å². The molecule has 8 heteroatoms. The van der Waals surface area contributed by atoms with Crippen LogP contribution in [0.3, 0.4) is 0 Å². The number of thioether (sulfide) groups is 1. The summed E-state index contributed by atoms with van der Waals surface area (Å²) in [5.41, 5.74) is 9.61. The fourth-order valence-electron chi connectivity index (χ4n) is 5.77. The Hall–Kier alpha value is -2.46. The van der Waals surface area contributed by atoms with Crippen molar-refractivity contribution in [3.63, 3.8) is 0 Å². The largest absolute Gasteiger partial charge is 0.378 e. The molecule has 1 saturated heterocycles. The lowest BCUT2D eigenvalue weighted by atomic mass is 9.68. The summed E-state index contributed by atoms with van der Waals surface area (Å²) in [6.07, 6.45) is 10.5. The van der Waals surface area contributed by atoms with E-state index < -0.39 is 18.1 Å². The van der Waals surface area contributed by atoms with Crippen LogP contribution in [-0.4, -0.2) is 50.3 Å². The number of nitrogens with one attached hydrogen (secondary N) is 1. The molecule has 5 unspecified atom stereocenters. The summed E-state index contributed by atoms with van der Waals surface area (Å²) < 4.78 is 0. The fraction of sp³-hybridized carbons (Fsp3) is 0.519. The van der Waals surface area contributed by atoms with Crippen LogP contribution in [0.1, 0.15) is 50.9 Å². The van der Waals surface area contributed by atoms with Gasteiger partial charge in [0.2, 0.25) is 0 Å². The van der Waals surface area contributed by atoms with Crippen molar-refractivity contribution in [2.45, 2.75) is 62.8 Å². The molecule has 5 rings (SSSR count). The normalized spacial score (nSPS) is 35.9. The molecular formula is C27H32N6OS. The Morgan fingerprint density at radius 1 is 1.34 bits per heavy atom. The van der Waals surface area contributed by atoms with Crippen LogP contribution in [-0.2, 0) is 0 Å². The molecular weight excluding hydrogens is 456 g/mol. The molecule has 4 aliphatic rings. The Balaban J connectivity index is 1.39. The van der Waals surface area contributed by atoms with Gasteiger partial charge in [-0.05, 0) is 81.0 Å². The molecule has 0 radical (unpaired) electrons. The quantitative estimate of drug-likeness (QED) is 0.555. The van der Waals surface area contributed by atoms with E-state index in [-0.39, 0.29) is 22.5 Å². The van der Waals surface area contributed by atoms with Crippen LogP contribution in [0.15, 0.2) is 41.6 Å². The number of allylic oxidation sites excluding steroid dienone is 5. The monoisotopic (exact) mass is 488 g/mol. The van der Waals surface area contributed by atoms with E-state index in [1.807, 2.05) is 18.0 Å². The molecule has 0 bridgehead atoms. The molecule has 1 aromatic heterocycles. The highest BCUT2D eigenvalue weighted by Crippen LogP contribution is 2.54. The Labute approximate surface area is 211 Å². The maximum Gasteiger partial charge on any atom is 0.117 e. The zero-order chi connectivity index (χ0) is 24.8. The number of rotatable bonds is 4. The molecule has 0 spiro atoms. The molecule has 0 amide bonds. The van der Waals surface area contributed by atoms with Crippen LogP contribution >= 0.6 is 11.8 Å². The van der Waals surface area contributed by atoms with Gasteiger partial charge in [0.05, 0.1) is 17.2 Å². The zero-order valence-electron chi connectivity index (χ0n) is 20.4. The van der Waals surface area contributed by atoms with E-state index in [1.54, 1.807) is 25.0 Å². The number of hydrogen-bond acceptors (Lipinski definition) is 8. The van der Waals surface area contributed by atoms with Crippen LogP contribution in [0.25, 0.3) is 5.57 Å². The minimum atomic E-state index is -0.693. The lowest BCUT2D eigenvalue weighted by Gasteiger charge is -2.56. The topological polar surface area (TPSA) is 111 Å². The standard InChI is InChI=1S/C27H32N6OS/c1-4-5-20-13-21(31-16-30-20)18-12-22(35-14-18)26(2)23(24(34)33(3)25(29)32-26)17-6-8-19(9-7-17)27(15-28)10-11-27/h6,8-9,13-14,16-17,22-25,32,34H,7,10-12,29H2,1-3H3/t17?,22?,23?,24?,25?,26-/m1/s1. The van der Waals surface area contributed by atoms with Crippen molar-refractivity contribution in [3.05, 3.63) is 53.0 Å². The highest BCUT2D eigenvalue weighted by Gasteiger charge is 2.55. The van der Waals surface area contributed by atoms with Gasteiger partial charge in [0.25, 0.3) is 0 Å². The van der Waals surface area contributed by atoms with Crippen molar-refractivity contribution in [2.24, 2.45) is 23.0 Å². The number of aliphatic hydroxyl groups is 1. The molecule has 1 saturated carbocycles. The fourth-order valence-corrected chi connectivity index (χ4v) is 7.10. The first-order valence-corrected chi connectivity index (χ1v) is 13.1. The second-order valence-electron chi connectivity index (χ2n) is 10.2. The van der Waals surface area contributed by atoms with Gasteiger partial charge in [0, 0.05) is 16.7 Å². The second kappa shape index (κ2) is 9.20. The van der Waals surface area contributed by atoms with Gasteiger partial charge in [0.1, 0.15) is 24.5 Å². The Morgan fingerprint density at radius 3 is 2.80 bits per heavy atom. The van der Waals surface area contributed by atoms with Crippen LogP contribution in [0.4, 0.5) is 0 Å². The van der Waals surface area contributed by atoms with Gasteiger partial charge >= 0.3 is 0 Å². The summed E-state index contributed by atoms with van der Waals surface area (Å²) in [6, 6.07) is 4.43. The third-order valence-electron chi connectivity index (χ3n) is 8.14. The lowest BCUT2D eigenvalue weighted by Crippen LogP contribution is -2.75. The molecule has 0 aromatic carbocycles. The molecule has 1 aromatic rings. The van der Waals surface area contributed by atoms with Gasteiger partial charge < -0.3 is 10.8 Å². The number of nitrogens with two attached hydrogens (primary N) is 1. The van der Waals surface area contributed by atoms with Gasteiger partial charge in [0.15, 0.2) is 0 Å². The van der Waals surface area contributed by atoms with Crippen molar-refractivity contribution >= 4 is 17.3 Å². The van der Waals surface area contributed by atoms with Crippen LogP contribution in [0, 0.1) is 40.4 Å². The molecule has 2 aliphatic carbocycles. The van der Waals surface area contributed by atoms with Crippen LogP contribution in [0.2, 0.25) is 0 Å². The van der Waals surface area contributed by atoms with E-state index in [4.69, 9.17) is 5.73 Å². The number of nitrogens with zero attached hydrogens (tertiary/aromatic N) is 4. The highest BCUT2D eigenvalue weighted by molar-refractivity contribution is 8.03. The number of nitriles is 1. The predicted octanol–water partition coefficient (Wildman–Crippen LogP) is 2.97. The molecule has 35 heavy (non-hydrogen) atoms. The predicted molar refractivity (Wildman–Crippen MR) is 138 cm³/mol. The molecule has 7 nitrogen and oxygen atoms in total. The Kier molecular flexibility index (Phi) is 6.37. The Morgan fingerprint density at radius 2 is 2.14 bits per heavy atom. The minimum absolute atomic E-state index is 0.0873. The second-order valence-corrected chi connectivity index (χ2v) is 11.3. The molecule has 3 heterocycles. The smallest absolute Gasteiger partial charge is 0.117 e. The van der Waals surface area contributed by atoms with Gasteiger partial charge in [-0.15, -0.1) is 11.8 Å². The molecule has 2 fully saturated rings. The van der Waals surface area contributed by atoms with Crippen LogP contribution < -0.4 is 11.1 Å².